The van der Waals surface area contributed by atoms with Gasteiger partial charge in [-0.25, -0.2) is 0 Å². The summed E-state index contributed by atoms with van der Waals surface area (Å²) in [4.78, 5) is 0. The third-order valence-corrected chi connectivity index (χ3v) is 1.46. The third-order valence-electron chi connectivity index (χ3n) is 1.31. The van der Waals surface area contributed by atoms with Gasteiger partial charge >= 0.3 is 6.61 Å². The molecule has 1 radical (unpaired) electrons. The van der Waals surface area contributed by atoms with E-state index in [2.05, 4.69) is 10.8 Å². The number of rotatable bonds is 5. The summed E-state index contributed by atoms with van der Waals surface area (Å²) in [6, 6.07) is 6.80. The Kier molecular flexibility index (Phi) is 4.46. The van der Waals surface area contributed by atoms with Crippen LogP contribution in [0.5, 0.6) is 11.5 Å². The summed E-state index contributed by atoms with van der Waals surface area (Å²) in [5.41, 5.74) is 0. The van der Waals surface area contributed by atoms with Crippen molar-refractivity contribution in [2.45, 2.75) is 6.61 Å². The molecule has 0 unspecified atom stereocenters. The van der Waals surface area contributed by atoms with E-state index >= 15 is 0 Å². The molecular weight excluding hydrogens is 214 g/mol. The van der Waals surface area contributed by atoms with Crippen molar-refractivity contribution in [3.63, 3.8) is 0 Å². The predicted molar refractivity (Wildman–Crippen MR) is 48.1 cm³/mol. The minimum absolute atomic E-state index is 0.0204. The monoisotopic (exact) mass is 221 g/mol. The molecule has 1 aromatic rings. The molecule has 1 rings (SSSR count). The van der Waals surface area contributed by atoms with Crippen molar-refractivity contribution in [1.82, 2.24) is 0 Å². The first-order valence-electron chi connectivity index (χ1n) is 3.87. The Morgan fingerprint density at radius 1 is 1.36 bits per heavy atom. The second-order valence-electron chi connectivity index (χ2n) is 2.32. The van der Waals surface area contributed by atoms with E-state index in [1.165, 1.54) is 18.2 Å². The highest BCUT2D eigenvalue weighted by molar-refractivity contribution is 6.17. The lowest BCUT2D eigenvalue weighted by molar-refractivity contribution is -0.0499. The Morgan fingerprint density at radius 3 is 2.71 bits per heavy atom. The molecule has 0 aromatic heterocycles. The fourth-order valence-corrected chi connectivity index (χ4v) is 0.917. The van der Waals surface area contributed by atoms with Gasteiger partial charge in [-0.15, -0.1) is 11.6 Å². The molecule has 0 aliphatic rings. The number of alkyl halides is 3. The van der Waals surface area contributed by atoms with Crippen LogP contribution in [-0.4, -0.2) is 19.1 Å². The highest BCUT2D eigenvalue weighted by atomic mass is 35.5. The largest absolute Gasteiger partial charge is 0.492 e. The van der Waals surface area contributed by atoms with Crippen LogP contribution in [0.25, 0.3) is 0 Å². The number of hydrogen-bond donors (Lipinski definition) is 0. The van der Waals surface area contributed by atoms with Crippen molar-refractivity contribution in [2.24, 2.45) is 0 Å². The highest BCUT2D eigenvalue weighted by Gasteiger charge is 2.04. The van der Waals surface area contributed by atoms with E-state index in [4.69, 9.17) is 16.3 Å². The van der Waals surface area contributed by atoms with Gasteiger partial charge in [0.25, 0.3) is 0 Å². The van der Waals surface area contributed by atoms with E-state index in [1.807, 2.05) is 0 Å². The smallest absolute Gasteiger partial charge is 0.387 e. The van der Waals surface area contributed by atoms with Gasteiger partial charge in [0.1, 0.15) is 18.1 Å². The lowest BCUT2D eigenvalue weighted by Gasteiger charge is -2.07. The molecule has 5 heteroatoms. The SMILES string of the molecule is FC(F)Oc1c[c]cc(OCCCl)c1. The van der Waals surface area contributed by atoms with Crippen LogP contribution in [-0.2, 0) is 0 Å². The first-order valence-corrected chi connectivity index (χ1v) is 4.40. The van der Waals surface area contributed by atoms with Crippen molar-refractivity contribution in [3.8, 4) is 11.5 Å². The van der Waals surface area contributed by atoms with Crippen LogP contribution in [0.1, 0.15) is 0 Å². The van der Waals surface area contributed by atoms with Crippen molar-refractivity contribution >= 4 is 11.6 Å². The van der Waals surface area contributed by atoms with Gasteiger partial charge in [0.15, 0.2) is 0 Å². The molecule has 0 N–H and O–H groups in total. The van der Waals surface area contributed by atoms with Crippen molar-refractivity contribution in [3.05, 3.63) is 24.3 Å². The topological polar surface area (TPSA) is 18.5 Å². The van der Waals surface area contributed by atoms with E-state index in [-0.39, 0.29) is 5.75 Å². The van der Waals surface area contributed by atoms with E-state index in [1.54, 1.807) is 0 Å². The van der Waals surface area contributed by atoms with Crippen LogP contribution in [0.3, 0.4) is 0 Å². The van der Waals surface area contributed by atoms with Crippen LogP contribution in [0.15, 0.2) is 18.2 Å². The quantitative estimate of drug-likeness (QED) is 0.712. The molecule has 0 aliphatic heterocycles. The van der Waals surface area contributed by atoms with Crippen molar-refractivity contribution in [2.75, 3.05) is 12.5 Å². The van der Waals surface area contributed by atoms with Gasteiger partial charge in [-0.3, -0.25) is 0 Å². The standard InChI is InChI=1S/C9H8ClF2O2/c10-4-5-13-7-2-1-3-8(6-7)14-9(11)12/h2-3,6,9H,4-5H2. The Morgan fingerprint density at radius 2 is 2.07 bits per heavy atom. The van der Waals surface area contributed by atoms with Gasteiger partial charge in [0, 0.05) is 6.07 Å². The van der Waals surface area contributed by atoms with Gasteiger partial charge in [0.05, 0.1) is 5.88 Å². The minimum atomic E-state index is -2.84. The molecule has 77 valence electrons. The third kappa shape index (κ3) is 3.79. The van der Waals surface area contributed by atoms with Crippen molar-refractivity contribution in [1.29, 1.82) is 0 Å². The summed E-state index contributed by atoms with van der Waals surface area (Å²) in [7, 11) is 0. The maximum atomic E-state index is 11.8. The molecule has 0 spiro atoms. The lowest BCUT2D eigenvalue weighted by atomic mass is 10.3. The van der Waals surface area contributed by atoms with E-state index in [0.717, 1.165) is 0 Å². The molecule has 0 saturated heterocycles. The molecule has 0 fully saturated rings. The summed E-state index contributed by atoms with van der Waals surface area (Å²) in [6.07, 6.45) is 0. The number of benzene rings is 1. The maximum Gasteiger partial charge on any atom is 0.387 e. The summed E-state index contributed by atoms with van der Waals surface area (Å²) >= 11 is 5.39. The zero-order valence-electron chi connectivity index (χ0n) is 7.17. The van der Waals surface area contributed by atoms with Gasteiger partial charge in [-0.05, 0) is 18.2 Å². The summed E-state index contributed by atoms with van der Waals surface area (Å²) in [5, 5.41) is 0. The average molecular weight is 222 g/mol. The Labute approximate surface area is 85.4 Å². The molecule has 0 atom stereocenters. The van der Waals surface area contributed by atoms with Gasteiger partial charge in [0.2, 0.25) is 0 Å². The second-order valence-corrected chi connectivity index (χ2v) is 2.70. The zero-order chi connectivity index (χ0) is 10.4. The Hall–Kier alpha value is -1.03. The van der Waals surface area contributed by atoms with E-state index in [0.29, 0.717) is 18.2 Å². The van der Waals surface area contributed by atoms with Crippen LogP contribution in [0.2, 0.25) is 0 Å². The highest BCUT2D eigenvalue weighted by Crippen LogP contribution is 2.20. The van der Waals surface area contributed by atoms with E-state index in [9.17, 15) is 8.78 Å². The van der Waals surface area contributed by atoms with Gasteiger partial charge in [-0.1, -0.05) is 0 Å². The minimum Gasteiger partial charge on any atom is -0.492 e. The fourth-order valence-electron chi connectivity index (χ4n) is 0.840. The van der Waals surface area contributed by atoms with E-state index < -0.39 is 6.61 Å². The molecule has 2 nitrogen and oxygen atoms in total. The molecule has 14 heavy (non-hydrogen) atoms. The zero-order valence-corrected chi connectivity index (χ0v) is 7.93. The number of halogens is 3. The van der Waals surface area contributed by atoms with Crippen LogP contribution >= 0.6 is 11.6 Å². The lowest BCUT2D eigenvalue weighted by Crippen LogP contribution is -2.03. The van der Waals surface area contributed by atoms with Gasteiger partial charge in [-0.2, -0.15) is 8.78 Å². The summed E-state index contributed by atoms with van der Waals surface area (Å²) in [6.45, 7) is -2.53. The fraction of sp³-hybridized carbons (Fsp3) is 0.333. The number of ether oxygens (including phenoxy) is 2. The molecule has 0 amide bonds. The van der Waals surface area contributed by atoms with Gasteiger partial charge < -0.3 is 9.47 Å². The van der Waals surface area contributed by atoms with Crippen LogP contribution < -0.4 is 9.47 Å². The number of hydrogen-bond acceptors (Lipinski definition) is 2. The molecule has 0 heterocycles. The van der Waals surface area contributed by atoms with Crippen LogP contribution in [0.4, 0.5) is 8.78 Å². The molecule has 1 aromatic carbocycles. The van der Waals surface area contributed by atoms with Crippen molar-refractivity contribution < 1.29 is 18.3 Å². The first kappa shape index (κ1) is 11.0. The first-order chi connectivity index (χ1) is 6.72. The average Bonchev–Trinajstić information content (AvgIpc) is 2.14. The second kappa shape index (κ2) is 5.65. The molecular formula is C9H8ClF2O2. The normalized spacial score (nSPS) is 10.3. The Balaban J connectivity index is 2.59. The summed E-state index contributed by atoms with van der Waals surface area (Å²) in [5.74, 6) is 0.760. The molecule has 0 aliphatic carbocycles. The predicted octanol–water partition coefficient (Wildman–Crippen LogP) is 2.71. The molecule has 0 bridgehead atoms. The summed E-state index contributed by atoms with van der Waals surface area (Å²) < 4.78 is 32.9. The maximum absolute atomic E-state index is 11.8. The van der Waals surface area contributed by atoms with Crippen LogP contribution in [0, 0.1) is 6.07 Å². The molecule has 0 saturated carbocycles. The Bertz CT molecular complexity index is 281.